The van der Waals surface area contributed by atoms with Gasteiger partial charge in [-0.2, -0.15) is 0 Å². The van der Waals surface area contributed by atoms with Crippen LogP contribution in [0.25, 0.3) is 0 Å². The molecule has 2 aromatic carbocycles. The lowest BCUT2D eigenvalue weighted by atomic mass is 9.97. The molecule has 9 nitrogen and oxygen atoms in total. The van der Waals surface area contributed by atoms with E-state index in [-0.39, 0.29) is 17.5 Å². The first kappa shape index (κ1) is 30.6. The summed E-state index contributed by atoms with van der Waals surface area (Å²) in [6.07, 6.45) is 12.3. The van der Waals surface area contributed by atoms with Crippen molar-refractivity contribution in [1.82, 2.24) is 15.3 Å². The Morgan fingerprint density at radius 2 is 1.78 bits per heavy atom. The predicted molar refractivity (Wildman–Crippen MR) is 168 cm³/mol. The number of anilines is 1. The van der Waals surface area contributed by atoms with Gasteiger partial charge in [0.2, 0.25) is 0 Å². The van der Waals surface area contributed by atoms with E-state index in [0.717, 1.165) is 34.8 Å². The molecule has 3 unspecified atom stereocenters. The number of likely N-dealkylation sites (tertiary alicyclic amines) is 1. The second-order valence-electron chi connectivity index (χ2n) is 12.1. The molecule has 1 saturated carbocycles. The first-order valence-corrected chi connectivity index (χ1v) is 15.4. The minimum atomic E-state index is -0.876. The molecule has 0 spiro atoms. The Kier molecular flexibility index (Phi) is 9.32. The molecule has 1 saturated heterocycles. The number of nitrogens with one attached hydrogen (secondary N) is 2. The summed E-state index contributed by atoms with van der Waals surface area (Å²) >= 11 is 0. The zero-order valence-corrected chi connectivity index (χ0v) is 25.6. The van der Waals surface area contributed by atoms with Gasteiger partial charge < -0.3 is 25.0 Å². The summed E-state index contributed by atoms with van der Waals surface area (Å²) in [5.41, 5.74) is 1.97. The van der Waals surface area contributed by atoms with E-state index in [1.165, 1.54) is 38.1 Å². The Morgan fingerprint density at radius 1 is 1.00 bits per heavy atom. The Bertz CT molecular complexity index is 1520. The van der Waals surface area contributed by atoms with Crippen LogP contribution in [0.4, 0.5) is 10.1 Å². The van der Waals surface area contributed by atoms with E-state index in [4.69, 9.17) is 14.3 Å². The molecule has 4 aliphatic rings. The fourth-order valence-electron chi connectivity index (χ4n) is 6.73. The number of hydrogen-bond acceptors (Lipinski definition) is 7. The highest BCUT2D eigenvalue weighted by molar-refractivity contribution is 6.39. The largest absolute Gasteiger partial charge is 0.494 e. The van der Waals surface area contributed by atoms with Crippen LogP contribution in [0.1, 0.15) is 18.4 Å². The van der Waals surface area contributed by atoms with Gasteiger partial charge in [-0.05, 0) is 86.1 Å². The Balaban J connectivity index is 1.04. The number of fused-ring (bicyclic) bond motifs is 2. The van der Waals surface area contributed by atoms with Crippen LogP contribution in [0, 0.1) is 23.6 Å². The van der Waals surface area contributed by atoms with Gasteiger partial charge >= 0.3 is 11.8 Å². The fourth-order valence-corrected chi connectivity index (χ4v) is 6.73. The van der Waals surface area contributed by atoms with Crippen LogP contribution in [0.5, 0.6) is 5.75 Å². The normalized spacial score (nSPS) is 23.8. The molecule has 45 heavy (non-hydrogen) atoms. The van der Waals surface area contributed by atoms with Crippen LogP contribution < -0.4 is 15.4 Å². The van der Waals surface area contributed by atoms with Crippen LogP contribution in [-0.4, -0.2) is 68.2 Å². The van der Waals surface area contributed by atoms with Crippen LogP contribution in [0.15, 0.2) is 96.1 Å². The quantitative estimate of drug-likeness (QED) is 0.379. The average Bonchev–Trinajstić information content (AvgIpc) is 3.58. The van der Waals surface area contributed by atoms with Crippen LogP contribution in [-0.2, 0) is 25.6 Å². The van der Waals surface area contributed by atoms with E-state index >= 15 is 4.39 Å². The van der Waals surface area contributed by atoms with Gasteiger partial charge in [-0.3, -0.25) is 14.4 Å². The highest BCUT2D eigenvalue weighted by Crippen LogP contribution is 2.41. The van der Waals surface area contributed by atoms with Crippen molar-refractivity contribution in [3.8, 4) is 5.75 Å². The summed E-state index contributed by atoms with van der Waals surface area (Å²) in [7, 11) is 3.79. The van der Waals surface area contributed by atoms with E-state index in [1.807, 2.05) is 48.6 Å². The number of hydrogen-bond donors (Lipinski definition) is 2. The number of halogens is 1. The van der Waals surface area contributed by atoms with E-state index < -0.39 is 17.6 Å². The maximum absolute atomic E-state index is 15.1. The van der Waals surface area contributed by atoms with Gasteiger partial charge in [-0.25, -0.2) is 9.45 Å². The molecule has 10 heteroatoms. The molecule has 2 N–H and O–H groups in total. The van der Waals surface area contributed by atoms with Crippen molar-refractivity contribution in [1.29, 1.82) is 0 Å². The first-order chi connectivity index (χ1) is 21.9. The summed E-state index contributed by atoms with van der Waals surface area (Å²) in [6, 6.07) is 13.3. The highest BCUT2D eigenvalue weighted by atomic mass is 19.1. The van der Waals surface area contributed by atoms with Crippen LogP contribution >= 0.6 is 0 Å². The third-order valence-corrected chi connectivity index (χ3v) is 8.89. The second-order valence-corrected chi connectivity index (χ2v) is 12.1. The molecule has 2 aromatic rings. The van der Waals surface area contributed by atoms with Gasteiger partial charge in [0.15, 0.2) is 11.6 Å². The van der Waals surface area contributed by atoms with Crippen molar-refractivity contribution in [2.75, 3.05) is 45.7 Å². The van der Waals surface area contributed by atoms with Crippen LogP contribution in [0.2, 0.25) is 0 Å². The Hall–Kier alpha value is -4.41. The average molecular weight is 615 g/mol. The molecule has 2 amide bonds. The third-order valence-electron chi connectivity index (χ3n) is 8.89. The molecule has 2 heterocycles. The van der Waals surface area contributed by atoms with Crippen molar-refractivity contribution in [2.24, 2.45) is 17.8 Å². The first-order valence-electron chi connectivity index (χ1n) is 15.4. The van der Waals surface area contributed by atoms with Crippen molar-refractivity contribution in [3.63, 3.8) is 0 Å². The van der Waals surface area contributed by atoms with Crippen LogP contribution in [0.3, 0.4) is 0 Å². The molecule has 2 aliphatic carbocycles. The third kappa shape index (κ3) is 7.29. The van der Waals surface area contributed by atoms with Gasteiger partial charge in [0.1, 0.15) is 17.6 Å². The predicted octanol–water partition coefficient (Wildman–Crippen LogP) is 4.57. The molecular weight excluding hydrogens is 575 g/mol. The van der Waals surface area contributed by atoms with E-state index in [1.54, 1.807) is 24.4 Å². The SMILES string of the molecule is CON1C=CC(Oc2ccc(NC(=O)C(=O)NCCc3ccccc3)cc2F)=C2C=CC(OCC3CC4CN(C)CC4C3)=CC21. The summed E-state index contributed by atoms with van der Waals surface area (Å²) in [5.74, 6) is 0.978. The number of carbonyl (C=O) groups is 2. The lowest BCUT2D eigenvalue weighted by molar-refractivity contribution is -0.136. The molecule has 0 bridgehead atoms. The number of hydroxylamine groups is 2. The van der Waals surface area contributed by atoms with E-state index in [0.29, 0.717) is 31.2 Å². The summed E-state index contributed by atoms with van der Waals surface area (Å²) in [5, 5.41) is 6.71. The molecule has 2 aliphatic heterocycles. The van der Waals surface area contributed by atoms with Gasteiger partial charge in [0.05, 0.1) is 13.7 Å². The summed E-state index contributed by atoms with van der Waals surface area (Å²) in [4.78, 5) is 32.6. The minimum absolute atomic E-state index is 0.0195. The van der Waals surface area contributed by atoms with Crippen molar-refractivity contribution >= 4 is 17.5 Å². The van der Waals surface area contributed by atoms with Crippen molar-refractivity contribution in [2.45, 2.75) is 25.3 Å². The molecule has 6 rings (SSSR count). The van der Waals surface area contributed by atoms with Crippen molar-refractivity contribution in [3.05, 3.63) is 108 Å². The lowest BCUT2D eigenvalue weighted by Crippen LogP contribution is -2.36. The number of rotatable bonds is 10. The highest BCUT2D eigenvalue weighted by Gasteiger charge is 2.40. The standard InChI is InChI=1S/C35H39FN4O5/c1-39-20-25-16-24(17-26(25)21-39)22-44-28-9-10-29-31(19-28)40(43-2)15-13-32(29)45-33-11-8-27(18-30(33)36)38-35(42)34(41)37-14-12-23-6-4-3-5-7-23/h3-11,13,15,18-19,24-26,31H,12,14,16-17,20-22H2,1-2H3,(H,37,41)(H,38,42). The molecule has 0 radical (unpaired) electrons. The summed E-state index contributed by atoms with van der Waals surface area (Å²) in [6.45, 7) is 3.36. The smallest absolute Gasteiger partial charge is 0.313 e. The van der Waals surface area contributed by atoms with E-state index in [9.17, 15) is 9.59 Å². The zero-order chi connectivity index (χ0) is 31.3. The maximum atomic E-state index is 15.1. The number of benzene rings is 2. The van der Waals surface area contributed by atoms with Gasteiger partial charge in [0.25, 0.3) is 0 Å². The maximum Gasteiger partial charge on any atom is 0.313 e. The Morgan fingerprint density at radius 3 is 2.51 bits per heavy atom. The number of carbonyl (C=O) groups excluding carboxylic acids is 2. The molecule has 0 aromatic heterocycles. The van der Waals surface area contributed by atoms with Gasteiger partial charge in [-0.1, -0.05) is 30.3 Å². The lowest BCUT2D eigenvalue weighted by Gasteiger charge is -2.33. The number of amides is 2. The number of nitrogens with zero attached hydrogens (tertiary/aromatic N) is 2. The Labute approximate surface area is 263 Å². The van der Waals surface area contributed by atoms with Gasteiger partial charge in [0, 0.05) is 43.2 Å². The zero-order valence-electron chi connectivity index (χ0n) is 25.6. The van der Waals surface area contributed by atoms with Gasteiger partial charge in [-0.15, -0.1) is 0 Å². The number of ether oxygens (including phenoxy) is 2. The molecule has 3 atom stereocenters. The number of allylic oxidation sites excluding steroid dienone is 2. The summed E-state index contributed by atoms with van der Waals surface area (Å²) < 4.78 is 27.4. The minimum Gasteiger partial charge on any atom is -0.494 e. The molecule has 236 valence electrons. The van der Waals surface area contributed by atoms with E-state index in [2.05, 4.69) is 22.6 Å². The monoisotopic (exact) mass is 614 g/mol. The topological polar surface area (TPSA) is 92.4 Å². The fraction of sp³-hybridized carbons (Fsp3) is 0.371. The second kappa shape index (κ2) is 13.7. The molecule has 2 fully saturated rings. The molecular formula is C35H39FN4O5. The van der Waals surface area contributed by atoms with Crippen molar-refractivity contribution < 1.29 is 28.3 Å².